The highest BCUT2D eigenvalue weighted by Crippen LogP contribution is 2.17. The van der Waals surface area contributed by atoms with E-state index < -0.39 is 0 Å². The smallest absolute Gasteiger partial charge is 0.257 e. The maximum Gasteiger partial charge on any atom is 0.257 e. The standard InChI is InChI=1S/C18H24N4O/c1-13(2)10-19-18-20-16-8-9-22(12-15(16)17(23)21-18)11-14-6-4-3-5-7-14/h3-7,13H,8-12H2,1-2H3,(H2,19,20,21,23). The Morgan fingerprint density at radius 1 is 1.30 bits per heavy atom. The minimum absolute atomic E-state index is 0.0148. The Morgan fingerprint density at radius 3 is 2.83 bits per heavy atom. The van der Waals surface area contributed by atoms with Gasteiger partial charge in [0, 0.05) is 32.6 Å². The largest absolute Gasteiger partial charge is 0.355 e. The van der Waals surface area contributed by atoms with Gasteiger partial charge in [0.1, 0.15) is 0 Å². The predicted molar refractivity (Wildman–Crippen MR) is 92.4 cm³/mol. The van der Waals surface area contributed by atoms with E-state index in [1.165, 1.54) is 5.56 Å². The molecule has 0 fully saturated rings. The summed E-state index contributed by atoms with van der Waals surface area (Å²) < 4.78 is 0. The van der Waals surface area contributed by atoms with Crippen LogP contribution >= 0.6 is 0 Å². The van der Waals surface area contributed by atoms with Gasteiger partial charge in [-0.2, -0.15) is 0 Å². The Balaban J connectivity index is 1.72. The average molecular weight is 312 g/mol. The van der Waals surface area contributed by atoms with Crippen molar-refractivity contribution in [2.24, 2.45) is 5.92 Å². The van der Waals surface area contributed by atoms with Gasteiger partial charge in [0.05, 0.1) is 11.3 Å². The highest BCUT2D eigenvalue weighted by Gasteiger charge is 2.21. The molecular weight excluding hydrogens is 288 g/mol. The van der Waals surface area contributed by atoms with Crippen LogP contribution in [0.3, 0.4) is 0 Å². The number of benzene rings is 1. The molecule has 1 aromatic heterocycles. The van der Waals surface area contributed by atoms with Gasteiger partial charge in [-0.15, -0.1) is 0 Å². The summed E-state index contributed by atoms with van der Waals surface area (Å²) in [6, 6.07) is 10.4. The number of anilines is 1. The molecule has 5 heteroatoms. The normalized spacial score (nSPS) is 14.7. The lowest BCUT2D eigenvalue weighted by atomic mass is 10.1. The zero-order valence-electron chi connectivity index (χ0n) is 13.8. The SMILES string of the molecule is CC(C)CNc1nc2c(c(=O)[nH]1)CN(Cc1ccccc1)CC2. The van der Waals surface area contributed by atoms with Crippen LogP contribution in [-0.4, -0.2) is 28.0 Å². The molecule has 122 valence electrons. The van der Waals surface area contributed by atoms with E-state index in [9.17, 15) is 4.79 Å². The van der Waals surface area contributed by atoms with Crippen molar-refractivity contribution in [2.45, 2.75) is 33.4 Å². The van der Waals surface area contributed by atoms with Gasteiger partial charge in [0.25, 0.3) is 5.56 Å². The second-order valence-corrected chi connectivity index (χ2v) is 6.56. The Bertz CT molecular complexity index is 709. The quantitative estimate of drug-likeness (QED) is 0.890. The van der Waals surface area contributed by atoms with Crippen molar-refractivity contribution < 1.29 is 0 Å². The van der Waals surface area contributed by atoms with E-state index in [0.29, 0.717) is 18.4 Å². The van der Waals surface area contributed by atoms with Gasteiger partial charge in [-0.3, -0.25) is 14.7 Å². The van der Waals surface area contributed by atoms with Crippen LogP contribution in [0.25, 0.3) is 0 Å². The van der Waals surface area contributed by atoms with Gasteiger partial charge in [0.15, 0.2) is 0 Å². The van der Waals surface area contributed by atoms with Crippen LogP contribution in [0.5, 0.6) is 0 Å². The number of hydrogen-bond donors (Lipinski definition) is 2. The van der Waals surface area contributed by atoms with E-state index in [2.05, 4.69) is 46.2 Å². The van der Waals surface area contributed by atoms with E-state index in [1.807, 2.05) is 18.2 Å². The van der Waals surface area contributed by atoms with Crippen molar-refractivity contribution in [2.75, 3.05) is 18.4 Å². The number of rotatable bonds is 5. The first-order chi connectivity index (χ1) is 11.1. The number of hydrogen-bond acceptors (Lipinski definition) is 4. The van der Waals surface area contributed by atoms with E-state index in [4.69, 9.17) is 0 Å². The summed E-state index contributed by atoms with van der Waals surface area (Å²) in [6.45, 7) is 7.53. The Labute approximate surface area is 136 Å². The molecule has 0 radical (unpaired) electrons. The lowest BCUT2D eigenvalue weighted by Crippen LogP contribution is -2.35. The molecule has 2 aromatic rings. The molecule has 0 unspecified atom stereocenters. The van der Waals surface area contributed by atoms with Gasteiger partial charge in [0.2, 0.25) is 5.95 Å². The maximum atomic E-state index is 12.4. The first-order valence-corrected chi connectivity index (χ1v) is 8.24. The summed E-state index contributed by atoms with van der Waals surface area (Å²) in [7, 11) is 0. The summed E-state index contributed by atoms with van der Waals surface area (Å²) in [4.78, 5) is 22.1. The van der Waals surface area contributed by atoms with Crippen LogP contribution in [0.1, 0.15) is 30.7 Å². The van der Waals surface area contributed by atoms with Crippen molar-refractivity contribution >= 4 is 5.95 Å². The first-order valence-electron chi connectivity index (χ1n) is 8.24. The molecule has 3 rings (SSSR count). The third-order valence-corrected chi connectivity index (χ3v) is 4.07. The molecule has 23 heavy (non-hydrogen) atoms. The lowest BCUT2D eigenvalue weighted by molar-refractivity contribution is 0.242. The Kier molecular flexibility index (Phi) is 4.76. The molecule has 0 saturated heterocycles. The number of H-pyrrole nitrogens is 1. The second-order valence-electron chi connectivity index (χ2n) is 6.56. The van der Waals surface area contributed by atoms with Gasteiger partial charge in [-0.25, -0.2) is 4.98 Å². The molecule has 1 aromatic carbocycles. The van der Waals surface area contributed by atoms with E-state index in [0.717, 1.165) is 37.3 Å². The van der Waals surface area contributed by atoms with E-state index in [1.54, 1.807) is 0 Å². The fraction of sp³-hybridized carbons (Fsp3) is 0.444. The molecule has 0 amide bonds. The van der Waals surface area contributed by atoms with Gasteiger partial charge in [-0.05, 0) is 11.5 Å². The summed E-state index contributed by atoms with van der Waals surface area (Å²) >= 11 is 0. The monoisotopic (exact) mass is 312 g/mol. The topological polar surface area (TPSA) is 61.0 Å². The molecule has 2 N–H and O–H groups in total. The second kappa shape index (κ2) is 6.96. The van der Waals surface area contributed by atoms with Crippen LogP contribution in [0.15, 0.2) is 35.1 Å². The first kappa shape index (κ1) is 15.7. The van der Waals surface area contributed by atoms with Gasteiger partial charge < -0.3 is 5.32 Å². The molecule has 0 atom stereocenters. The Morgan fingerprint density at radius 2 is 2.09 bits per heavy atom. The highest BCUT2D eigenvalue weighted by molar-refractivity contribution is 5.31. The van der Waals surface area contributed by atoms with Crippen LogP contribution in [0.2, 0.25) is 0 Å². The predicted octanol–water partition coefficient (Wildman–Crippen LogP) is 2.40. The number of aromatic amines is 1. The lowest BCUT2D eigenvalue weighted by Gasteiger charge is -2.27. The molecule has 1 aliphatic heterocycles. The van der Waals surface area contributed by atoms with Crippen LogP contribution in [0, 0.1) is 5.92 Å². The van der Waals surface area contributed by atoms with Crippen LogP contribution in [-0.2, 0) is 19.5 Å². The molecule has 0 saturated carbocycles. The zero-order valence-corrected chi connectivity index (χ0v) is 13.8. The summed E-state index contributed by atoms with van der Waals surface area (Å²) in [5.74, 6) is 1.11. The van der Waals surface area contributed by atoms with Crippen LogP contribution < -0.4 is 10.9 Å². The minimum Gasteiger partial charge on any atom is -0.355 e. The molecule has 1 aliphatic rings. The van der Waals surface area contributed by atoms with Gasteiger partial charge >= 0.3 is 0 Å². The number of nitrogens with zero attached hydrogens (tertiary/aromatic N) is 2. The third kappa shape index (κ3) is 3.99. The maximum absolute atomic E-state index is 12.4. The fourth-order valence-corrected chi connectivity index (χ4v) is 2.84. The van der Waals surface area contributed by atoms with Crippen molar-refractivity contribution in [3.05, 3.63) is 57.5 Å². The molecule has 5 nitrogen and oxygen atoms in total. The molecule has 2 heterocycles. The zero-order chi connectivity index (χ0) is 16.2. The summed E-state index contributed by atoms with van der Waals surface area (Å²) in [6.07, 6.45) is 0.822. The minimum atomic E-state index is -0.0148. The fourth-order valence-electron chi connectivity index (χ4n) is 2.84. The molecule has 0 bridgehead atoms. The Hall–Kier alpha value is -2.14. The number of aromatic nitrogens is 2. The number of fused-ring (bicyclic) bond motifs is 1. The molecule has 0 spiro atoms. The van der Waals surface area contributed by atoms with Crippen molar-refractivity contribution in [3.63, 3.8) is 0 Å². The third-order valence-electron chi connectivity index (χ3n) is 4.07. The molecule has 0 aliphatic carbocycles. The van der Waals surface area contributed by atoms with Crippen molar-refractivity contribution in [3.8, 4) is 0 Å². The van der Waals surface area contributed by atoms with Crippen molar-refractivity contribution in [1.29, 1.82) is 0 Å². The van der Waals surface area contributed by atoms with Crippen LogP contribution in [0.4, 0.5) is 5.95 Å². The average Bonchev–Trinajstić information content (AvgIpc) is 2.54. The van der Waals surface area contributed by atoms with E-state index >= 15 is 0 Å². The number of nitrogens with one attached hydrogen (secondary N) is 2. The highest BCUT2D eigenvalue weighted by atomic mass is 16.1. The van der Waals surface area contributed by atoms with E-state index in [-0.39, 0.29) is 5.56 Å². The summed E-state index contributed by atoms with van der Waals surface area (Å²) in [5.41, 5.74) is 3.00. The molecular formula is C18H24N4O. The van der Waals surface area contributed by atoms with Crippen molar-refractivity contribution in [1.82, 2.24) is 14.9 Å². The summed E-state index contributed by atoms with van der Waals surface area (Å²) in [5, 5.41) is 3.21. The van der Waals surface area contributed by atoms with Gasteiger partial charge in [-0.1, -0.05) is 44.2 Å².